The van der Waals surface area contributed by atoms with Gasteiger partial charge in [-0.15, -0.1) is 0 Å². The van der Waals surface area contributed by atoms with Crippen LogP contribution in [0.3, 0.4) is 0 Å². The summed E-state index contributed by atoms with van der Waals surface area (Å²) in [5.74, 6) is 0. The van der Waals surface area contributed by atoms with E-state index in [4.69, 9.17) is 0 Å². The standard InChI is InChI=1S/C16H43Si5/c1-18(2,3)15(19(4,5)6)13-14-16(17-15,20(7,8)9)21(10,11)12/h13-14H2,1-12,17H3/q-1. The van der Waals surface area contributed by atoms with Gasteiger partial charge in [-0.25, -0.2) is 0 Å². The molecule has 0 amide bonds. The summed E-state index contributed by atoms with van der Waals surface area (Å²) >= 11 is 0. The SMILES string of the molecule is C[Si](C)(C)C1([Si](C)(C)C)CCC([Si](C)(C)C)([Si](C)(C)C)[SiH3-]1. The Balaban J connectivity index is 3.49. The van der Waals surface area contributed by atoms with Crippen LogP contribution in [-0.4, -0.2) is 41.8 Å². The number of rotatable bonds is 4. The van der Waals surface area contributed by atoms with Crippen molar-refractivity contribution in [3.8, 4) is 0 Å². The Morgan fingerprint density at radius 2 is 0.667 bits per heavy atom. The molecule has 0 aromatic carbocycles. The third-order valence-electron chi connectivity index (χ3n) is 8.60. The van der Waals surface area contributed by atoms with Crippen molar-refractivity contribution in [3.05, 3.63) is 0 Å². The van der Waals surface area contributed by atoms with Crippen molar-refractivity contribution in [1.29, 1.82) is 0 Å². The van der Waals surface area contributed by atoms with Gasteiger partial charge in [-0.1, -0.05) is 0 Å². The van der Waals surface area contributed by atoms with Crippen molar-refractivity contribution >= 4 is 41.8 Å². The molecule has 1 saturated heterocycles. The Labute approximate surface area is 141 Å². The minimum absolute atomic E-state index is 0.660. The van der Waals surface area contributed by atoms with E-state index < -0.39 is 41.8 Å². The molecule has 1 aliphatic heterocycles. The van der Waals surface area contributed by atoms with E-state index in [2.05, 4.69) is 78.6 Å². The topological polar surface area (TPSA) is 0 Å². The Kier molecular flexibility index (Phi) is 5.07. The quantitative estimate of drug-likeness (QED) is 0.568. The zero-order valence-corrected chi connectivity index (χ0v) is 23.4. The summed E-state index contributed by atoms with van der Waals surface area (Å²) in [7, 11) is -4.92. The van der Waals surface area contributed by atoms with Gasteiger partial charge in [0.05, 0.1) is 0 Å². The van der Waals surface area contributed by atoms with Gasteiger partial charge >= 0.3 is 142 Å². The molecule has 0 radical (unpaired) electrons. The van der Waals surface area contributed by atoms with E-state index in [9.17, 15) is 0 Å². The molecule has 0 spiro atoms. The average molecular weight is 376 g/mol. The molecule has 0 nitrogen and oxygen atoms in total. The minimum atomic E-state index is -1.06. The molecule has 1 fully saturated rings. The Morgan fingerprint density at radius 1 is 0.476 bits per heavy atom. The second-order valence-electron chi connectivity index (χ2n) is 12.4. The first-order valence-corrected chi connectivity index (χ1v) is 25.2. The molecular formula is C16H43Si5-. The molecule has 1 aliphatic rings. The van der Waals surface area contributed by atoms with Gasteiger partial charge in [0.15, 0.2) is 0 Å². The molecule has 21 heavy (non-hydrogen) atoms. The van der Waals surface area contributed by atoms with E-state index in [0.717, 1.165) is 8.57 Å². The van der Waals surface area contributed by atoms with Crippen LogP contribution in [0, 0.1) is 0 Å². The van der Waals surface area contributed by atoms with Gasteiger partial charge in [0, 0.05) is 0 Å². The van der Waals surface area contributed by atoms with Crippen LogP contribution in [0.15, 0.2) is 0 Å². The monoisotopic (exact) mass is 375 g/mol. The van der Waals surface area contributed by atoms with Gasteiger partial charge in [-0.3, -0.25) is 0 Å². The van der Waals surface area contributed by atoms with Gasteiger partial charge in [-0.2, -0.15) is 0 Å². The fourth-order valence-electron chi connectivity index (χ4n) is 6.73. The van der Waals surface area contributed by atoms with Gasteiger partial charge in [0.1, 0.15) is 0 Å². The molecule has 128 valence electrons. The van der Waals surface area contributed by atoms with Crippen molar-refractivity contribution in [3.63, 3.8) is 0 Å². The van der Waals surface area contributed by atoms with Crippen LogP contribution < -0.4 is 0 Å². The van der Waals surface area contributed by atoms with Crippen molar-refractivity contribution in [2.45, 2.75) is 100.0 Å². The van der Waals surface area contributed by atoms with E-state index >= 15 is 0 Å². The summed E-state index contributed by atoms with van der Waals surface area (Å²) < 4.78 is 1.92. The second kappa shape index (κ2) is 5.29. The van der Waals surface area contributed by atoms with Crippen LogP contribution in [0.25, 0.3) is 0 Å². The zero-order chi connectivity index (χ0) is 17.1. The molecule has 0 unspecified atom stereocenters. The molecule has 0 aromatic heterocycles. The summed E-state index contributed by atoms with van der Waals surface area (Å²) in [4.78, 5) is 0. The number of hydrogen-bond acceptors (Lipinski definition) is 0. The van der Waals surface area contributed by atoms with Crippen LogP contribution >= 0.6 is 0 Å². The van der Waals surface area contributed by atoms with Crippen molar-refractivity contribution in [2.75, 3.05) is 0 Å². The van der Waals surface area contributed by atoms with Crippen LogP contribution in [0.2, 0.25) is 87.1 Å². The third-order valence-corrected chi connectivity index (χ3v) is 55.5. The molecule has 1 rings (SSSR count). The zero-order valence-electron chi connectivity index (χ0n) is 17.4. The molecule has 1 heterocycles. The van der Waals surface area contributed by atoms with E-state index in [1.807, 2.05) is 0 Å². The van der Waals surface area contributed by atoms with Gasteiger partial charge < -0.3 is 0 Å². The van der Waals surface area contributed by atoms with Gasteiger partial charge in [0.25, 0.3) is 0 Å². The fourth-order valence-corrected chi connectivity index (χ4v) is 50.8. The Hall–Kier alpha value is 1.08. The third kappa shape index (κ3) is 3.06. The maximum absolute atomic E-state index is 2.72. The molecule has 0 atom stereocenters. The Morgan fingerprint density at radius 3 is 0.762 bits per heavy atom. The fraction of sp³-hybridized carbons (Fsp3) is 1.00. The van der Waals surface area contributed by atoms with Gasteiger partial charge in [-0.05, 0) is 0 Å². The molecular weight excluding hydrogens is 333 g/mol. The predicted octanol–water partition coefficient (Wildman–Crippen LogP) is 5.51. The van der Waals surface area contributed by atoms with Crippen LogP contribution in [0.1, 0.15) is 12.8 Å². The van der Waals surface area contributed by atoms with E-state index in [0.29, 0.717) is 0 Å². The first kappa shape index (κ1) is 20.1. The summed E-state index contributed by atoms with van der Waals surface area (Å²) in [6.45, 7) is 32.7. The Bertz CT molecular complexity index is 321. The summed E-state index contributed by atoms with van der Waals surface area (Å²) in [6, 6.07) is 0. The van der Waals surface area contributed by atoms with Crippen molar-refractivity contribution in [1.82, 2.24) is 0 Å². The second-order valence-corrected chi connectivity index (χ2v) is 43.7. The summed E-state index contributed by atoms with van der Waals surface area (Å²) in [5, 5.41) is 0. The first-order chi connectivity index (χ1) is 8.91. The van der Waals surface area contributed by atoms with Crippen molar-refractivity contribution in [2.24, 2.45) is 0 Å². The molecule has 5 heteroatoms. The van der Waals surface area contributed by atoms with Gasteiger partial charge in [0.2, 0.25) is 0 Å². The molecule has 0 saturated carbocycles. The predicted molar refractivity (Wildman–Crippen MR) is 118 cm³/mol. The first-order valence-electron chi connectivity index (χ1n) is 9.21. The van der Waals surface area contributed by atoms with Crippen LogP contribution in [-0.2, 0) is 0 Å². The summed E-state index contributed by atoms with van der Waals surface area (Å²) in [6.07, 6.45) is 3.30. The average Bonchev–Trinajstić information content (AvgIpc) is 2.54. The van der Waals surface area contributed by atoms with E-state index in [1.54, 1.807) is 12.8 Å². The molecule has 0 aromatic rings. The maximum atomic E-state index is 2.72. The van der Waals surface area contributed by atoms with Crippen molar-refractivity contribution < 1.29 is 0 Å². The molecule has 0 N–H and O–H groups in total. The molecule has 0 bridgehead atoms. The van der Waals surface area contributed by atoms with Crippen LogP contribution in [0.4, 0.5) is 0 Å². The van der Waals surface area contributed by atoms with E-state index in [-0.39, 0.29) is 0 Å². The van der Waals surface area contributed by atoms with Crippen LogP contribution in [0.5, 0.6) is 0 Å². The summed E-state index contributed by atoms with van der Waals surface area (Å²) in [5.41, 5.74) is 0. The molecule has 0 aliphatic carbocycles. The number of hydrogen-bond donors (Lipinski definition) is 0. The van der Waals surface area contributed by atoms with E-state index in [1.165, 1.54) is 0 Å². The normalized spacial score (nSPS) is 23.8.